The number of hydrogen-bond donors (Lipinski definition) is 0. The Kier molecular flexibility index (Phi) is 2.86. The van der Waals surface area contributed by atoms with Gasteiger partial charge in [-0.1, -0.05) is 13.5 Å². The third-order valence-electron chi connectivity index (χ3n) is 1.62. The molecule has 0 aromatic carbocycles. The zero-order chi connectivity index (χ0) is 8.97. The highest BCUT2D eigenvalue weighted by atomic mass is 16.5. The second-order valence-corrected chi connectivity index (χ2v) is 2.54. The average molecular weight is 163 g/mol. The fourth-order valence-corrected chi connectivity index (χ4v) is 1.05. The number of hydrogen-bond acceptors (Lipinski definition) is 2. The highest BCUT2D eigenvalue weighted by Crippen LogP contribution is 2.17. The summed E-state index contributed by atoms with van der Waals surface area (Å²) in [5.41, 5.74) is 2.00. The molecule has 0 atom stereocenters. The zero-order valence-corrected chi connectivity index (χ0v) is 7.50. The Morgan fingerprint density at radius 2 is 2.33 bits per heavy atom. The third-order valence-corrected chi connectivity index (χ3v) is 1.62. The summed E-state index contributed by atoms with van der Waals surface area (Å²) in [6.45, 7) is 7.53. The van der Waals surface area contributed by atoms with Crippen LogP contribution in [0.3, 0.4) is 0 Å². The molecule has 0 N–H and O–H groups in total. The van der Waals surface area contributed by atoms with E-state index < -0.39 is 0 Å². The quantitative estimate of drug-likeness (QED) is 0.638. The summed E-state index contributed by atoms with van der Waals surface area (Å²) in [4.78, 5) is 4.34. The lowest BCUT2D eigenvalue weighted by atomic mass is 10.2. The summed E-state index contributed by atoms with van der Waals surface area (Å²) in [6, 6.07) is 3.85. The van der Waals surface area contributed by atoms with Crippen molar-refractivity contribution in [1.29, 1.82) is 0 Å². The minimum atomic E-state index is 0.804. The molecule has 12 heavy (non-hydrogen) atoms. The normalized spacial score (nSPS) is 9.50. The SMILES string of the molecule is C=COc1ccc(C)nc1CC. The molecule has 0 fully saturated rings. The second kappa shape index (κ2) is 3.90. The van der Waals surface area contributed by atoms with Crippen molar-refractivity contribution in [2.24, 2.45) is 0 Å². The van der Waals surface area contributed by atoms with Gasteiger partial charge in [0.2, 0.25) is 0 Å². The molecule has 1 aromatic heterocycles. The van der Waals surface area contributed by atoms with Crippen LogP contribution in [0.15, 0.2) is 25.0 Å². The molecule has 0 aliphatic carbocycles. The van der Waals surface area contributed by atoms with Crippen LogP contribution in [0.5, 0.6) is 5.75 Å². The first-order chi connectivity index (χ1) is 5.77. The van der Waals surface area contributed by atoms with Crippen molar-refractivity contribution in [2.75, 3.05) is 0 Å². The van der Waals surface area contributed by atoms with E-state index in [1.54, 1.807) is 0 Å². The van der Waals surface area contributed by atoms with Gasteiger partial charge in [-0.3, -0.25) is 4.98 Å². The maximum absolute atomic E-state index is 5.18. The zero-order valence-electron chi connectivity index (χ0n) is 7.50. The predicted molar refractivity (Wildman–Crippen MR) is 49.2 cm³/mol. The van der Waals surface area contributed by atoms with E-state index in [-0.39, 0.29) is 0 Å². The first-order valence-corrected chi connectivity index (χ1v) is 4.02. The van der Waals surface area contributed by atoms with Gasteiger partial charge in [-0.25, -0.2) is 0 Å². The lowest BCUT2D eigenvalue weighted by molar-refractivity contribution is 0.473. The number of aromatic nitrogens is 1. The summed E-state index contributed by atoms with van der Waals surface area (Å²) in [7, 11) is 0. The molecule has 0 aliphatic heterocycles. The number of rotatable bonds is 3. The lowest BCUT2D eigenvalue weighted by Crippen LogP contribution is -1.94. The average Bonchev–Trinajstić information content (AvgIpc) is 2.08. The summed E-state index contributed by atoms with van der Waals surface area (Å²) in [6.07, 6.45) is 2.30. The molecule has 0 amide bonds. The van der Waals surface area contributed by atoms with Crippen LogP contribution in [0.1, 0.15) is 18.3 Å². The molecule has 0 bridgehead atoms. The first kappa shape index (κ1) is 8.78. The summed E-state index contributed by atoms with van der Waals surface area (Å²) in [5.74, 6) is 0.804. The van der Waals surface area contributed by atoms with Gasteiger partial charge in [0.15, 0.2) is 0 Å². The van der Waals surface area contributed by atoms with Crippen LogP contribution in [0.2, 0.25) is 0 Å². The van der Waals surface area contributed by atoms with Crippen LogP contribution in [0, 0.1) is 6.92 Å². The van der Waals surface area contributed by atoms with Gasteiger partial charge in [-0.2, -0.15) is 0 Å². The molecule has 0 spiro atoms. The Morgan fingerprint density at radius 1 is 1.58 bits per heavy atom. The van der Waals surface area contributed by atoms with E-state index in [0.717, 1.165) is 23.6 Å². The van der Waals surface area contributed by atoms with Crippen LogP contribution in [-0.2, 0) is 6.42 Å². The van der Waals surface area contributed by atoms with Gasteiger partial charge >= 0.3 is 0 Å². The minimum Gasteiger partial charge on any atom is -0.464 e. The lowest BCUT2D eigenvalue weighted by Gasteiger charge is -2.05. The molecule has 1 aromatic rings. The van der Waals surface area contributed by atoms with Gasteiger partial charge in [-0.15, -0.1) is 0 Å². The highest BCUT2D eigenvalue weighted by Gasteiger charge is 2.01. The van der Waals surface area contributed by atoms with Crippen LogP contribution >= 0.6 is 0 Å². The maximum Gasteiger partial charge on any atom is 0.147 e. The molecule has 2 heteroatoms. The molecule has 0 aliphatic rings. The van der Waals surface area contributed by atoms with Gasteiger partial charge < -0.3 is 4.74 Å². The molecule has 0 saturated carbocycles. The van der Waals surface area contributed by atoms with Crippen molar-refractivity contribution < 1.29 is 4.74 Å². The predicted octanol–water partition coefficient (Wildman–Crippen LogP) is 2.47. The van der Waals surface area contributed by atoms with Crippen LogP contribution in [0.4, 0.5) is 0 Å². The van der Waals surface area contributed by atoms with Crippen molar-refractivity contribution in [3.8, 4) is 5.75 Å². The smallest absolute Gasteiger partial charge is 0.147 e. The van der Waals surface area contributed by atoms with E-state index in [1.807, 2.05) is 19.1 Å². The molecular formula is C10H13NO. The molecule has 2 nitrogen and oxygen atoms in total. The molecule has 0 unspecified atom stereocenters. The van der Waals surface area contributed by atoms with E-state index >= 15 is 0 Å². The number of ether oxygens (including phenoxy) is 1. The van der Waals surface area contributed by atoms with Crippen molar-refractivity contribution in [2.45, 2.75) is 20.3 Å². The summed E-state index contributed by atoms with van der Waals surface area (Å²) in [5, 5.41) is 0. The Bertz CT molecular complexity index is 281. The van der Waals surface area contributed by atoms with Crippen molar-refractivity contribution in [3.63, 3.8) is 0 Å². The van der Waals surface area contributed by atoms with Crippen molar-refractivity contribution in [3.05, 3.63) is 36.4 Å². The largest absolute Gasteiger partial charge is 0.464 e. The van der Waals surface area contributed by atoms with Crippen molar-refractivity contribution >= 4 is 0 Å². The number of pyridine rings is 1. The molecule has 0 saturated heterocycles. The van der Waals surface area contributed by atoms with Gasteiger partial charge in [0.05, 0.1) is 12.0 Å². The Balaban J connectivity index is 3.01. The Hall–Kier alpha value is -1.31. The van der Waals surface area contributed by atoms with Gasteiger partial charge in [0.1, 0.15) is 5.75 Å². The van der Waals surface area contributed by atoms with Gasteiger partial charge in [0.25, 0.3) is 0 Å². The Morgan fingerprint density at radius 3 is 2.92 bits per heavy atom. The number of nitrogens with zero attached hydrogens (tertiary/aromatic N) is 1. The maximum atomic E-state index is 5.18. The topological polar surface area (TPSA) is 22.1 Å². The standard InChI is InChI=1S/C10H13NO/c1-4-9-10(12-5-2)7-6-8(3)11-9/h5-7H,2,4H2,1,3H3. The van der Waals surface area contributed by atoms with E-state index in [1.165, 1.54) is 6.26 Å². The van der Waals surface area contributed by atoms with Crippen LogP contribution in [0.25, 0.3) is 0 Å². The molecule has 0 radical (unpaired) electrons. The summed E-state index contributed by atoms with van der Waals surface area (Å²) >= 11 is 0. The van der Waals surface area contributed by atoms with Crippen molar-refractivity contribution in [1.82, 2.24) is 4.98 Å². The third kappa shape index (κ3) is 1.84. The second-order valence-electron chi connectivity index (χ2n) is 2.54. The number of aryl methyl sites for hydroxylation is 2. The molecule has 1 rings (SSSR count). The molecular weight excluding hydrogens is 150 g/mol. The van der Waals surface area contributed by atoms with E-state index in [9.17, 15) is 0 Å². The molecule has 64 valence electrons. The van der Waals surface area contributed by atoms with Gasteiger partial charge in [0, 0.05) is 5.69 Å². The molecule has 1 heterocycles. The Labute approximate surface area is 72.9 Å². The van der Waals surface area contributed by atoms with Crippen LogP contribution < -0.4 is 4.74 Å². The van der Waals surface area contributed by atoms with Gasteiger partial charge in [-0.05, 0) is 25.5 Å². The van der Waals surface area contributed by atoms with E-state index in [2.05, 4.69) is 18.5 Å². The van der Waals surface area contributed by atoms with Crippen LogP contribution in [-0.4, -0.2) is 4.98 Å². The minimum absolute atomic E-state index is 0.804. The highest BCUT2D eigenvalue weighted by molar-refractivity contribution is 5.29. The first-order valence-electron chi connectivity index (χ1n) is 4.02. The summed E-state index contributed by atoms with van der Waals surface area (Å²) < 4.78 is 5.18. The van der Waals surface area contributed by atoms with E-state index in [0.29, 0.717) is 0 Å². The monoisotopic (exact) mass is 163 g/mol. The fraction of sp³-hybridized carbons (Fsp3) is 0.300. The van der Waals surface area contributed by atoms with E-state index in [4.69, 9.17) is 4.74 Å². The fourth-order valence-electron chi connectivity index (χ4n) is 1.05.